The van der Waals surface area contributed by atoms with Crippen LogP contribution in [0.4, 0.5) is 0 Å². The normalized spacial score (nSPS) is 23.8. The van der Waals surface area contributed by atoms with Gasteiger partial charge in [-0.2, -0.15) is 0 Å². The van der Waals surface area contributed by atoms with Gasteiger partial charge in [0, 0.05) is 17.8 Å². The Morgan fingerprint density at radius 2 is 1.31 bits per heavy atom. The van der Waals surface area contributed by atoms with E-state index in [9.17, 15) is 0 Å². The van der Waals surface area contributed by atoms with E-state index in [4.69, 9.17) is 0 Å². The van der Waals surface area contributed by atoms with Gasteiger partial charge in [-0.15, -0.1) is 0 Å². The molecule has 0 bridgehead atoms. The first-order valence-electron chi connectivity index (χ1n) is 12.5. The van der Waals surface area contributed by atoms with Gasteiger partial charge in [0.15, 0.2) is 0 Å². The van der Waals surface area contributed by atoms with E-state index >= 15 is 0 Å². The molecule has 0 saturated heterocycles. The monoisotopic (exact) mass is 590 g/mol. The van der Waals surface area contributed by atoms with Gasteiger partial charge in [-0.1, -0.05) is 124 Å². The molecule has 0 nitrogen and oxygen atoms in total. The molecule has 0 aliphatic heterocycles. The van der Waals surface area contributed by atoms with Crippen molar-refractivity contribution in [1.29, 1.82) is 0 Å². The molecule has 3 unspecified atom stereocenters. The molecule has 0 amide bonds. The molecule has 0 N–H and O–H groups in total. The minimum Gasteiger partial charge on any atom is -1.00 e. The summed E-state index contributed by atoms with van der Waals surface area (Å²) in [5.74, 6) is 1.38. The second kappa shape index (κ2) is 10.4. The van der Waals surface area contributed by atoms with Crippen molar-refractivity contribution in [1.82, 2.24) is 0 Å². The van der Waals surface area contributed by atoms with E-state index in [1.807, 2.05) is 0 Å². The first kappa shape index (κ1) is 29.2. The predicted octanol–water partition coefficient (Wildman–Crippen LogP) is 2.84. The van der Waals surface area contributed by atoms with Crippen molar-refractivity contribution in [3.8, 4) is 11.1 Å². The van der Waals surface area contributed by atoms with E-state index in [0.717, 1.165) is 0 Å². The molecule has 3 aromatic rings. The van der Waals surface area contributed by atoms with Gasteiger partial charge in [-0.05, 0) is 57.6 Å². The Hall–Kier alpha value is -1.40. The molecule has 1 fully saturated rings. The molecule has 6 rings (SSSR count). The number of rotatable bonds is 2. The minimum absolute atomic E-state index is 0. The van der Waals surface area contributed by atoms with Gasteiger partial charge in [-0.3, -0.25) is 0 Å². The number of aryl methyl sites for hydroxylation is 1. The molecule has 184 valence electrons. The molecular weight excluding hydrogens is 558 g/mol. The summed E-state index contributed by atoms with van der Waals surface area (Å²) in [5.41, 5.74) is 12.2. The maximum atomic E-state index is 2.63. The summed E-state index contributed by atoms with van der Waals surface area (Å²) in [5, 5.41) is 0. The van der Waals surface area contributed by atoms with E-state index in [0.29, 0.717) is 17.8 Å². The van der Waals surface area contributed by atoms with E-state index in [1.54, 1.807) is 5.57 Å². The fraction of sp³-hybridized carbons (Fsp3) is 0.333. The Morgan fingerprint density at radius 1 is 0.778 bits per heavy atom. The SMILES string of the molecule is Cc1ccc(C2CC(C)(C3c4ccccc4-c4ccccc43)C3C=C(C(C)(C)C)C=C23)cc1.[Cl-].[Cl-].[Zr+2]. The summed E-state index contributed by atoms with van der Waals surface area (Å²) in [7, 11) is 0. The van der Waals surface area contributed by atoms with Gasteiger partial charge in [0.25, 0.3) is 0 Å². The molecule has 3 aromatic carbocycles. The molecule has 3 heteroatoms. The zero-order valence-corrected chi connectivity index (χ0v) is 25.7. The maximum Gasteiger partial charge on any atom is 2.00 e. The molecule has 0 spiro atoms. The molecule has 0 heterocycles. The van der Waals surface area contributed by atoms with Crippen LogP contribution in [0.25, 0.3) is 11.1 Å². The van der Waals surface area contributed by atoms with Crippen LogP contribution in [0.1, 0.15) is 68.2 Å². The summed E-state index contributed by atoms with van der Waals surface area (Å²) in [6.07, 6.45) is 6.38. The first-order valence-corrected chi connectivity index (χ1v) is 12.5. The summed E-state index contributed by atoms with van der Waals surface area (Å²) in [6, 6.07) is 27.6. The molecule has 3 aliphatic carbocycles. The topological polar surface area (TPSA) is 0 Å². The quantitative estimate of drug-likeness (QED) is 0.430. The largest absolute Gasteiger partial charge is 2.00 e. The van der Waals surface area contributed by atoms with E-state index < -0.39 is 0 Å². The van der Waals surface area contributed by atoms with Crippen molar-refractivity contribution >= 4 is 0 Å². The smallest absolute Gasteiger partial charge is 1.00 e. The fourth-order valence-electron chi connectivity index (χ4n) is 6.91. The Balaban J connectivity index is 0.00000120. The van der Waals surface area contributed by atoms with Crippen LogP contribution in [0, 0.1) is 23.7 Å². The third-order valence-electron chi connectivity index (χ3n) is 8.62. The van der Waals surface area contributed by atoms with Gasteiger partial charge in [0.1, 0.15) is 0 Å². The third kappa shape index (κ3) is 4.44. The molecule has 3 aliphatic rings. The van der Waals surface area contributed by atoms with Crippen LogP contribution in [0.2, 0.25) is 0 Å². The Bertz CT molecular complexity index is 1270. The summed E-state index contributed by atoms with van der Waals surface area (Å²) >= 11 is 0. The van der Waals surface area contributed by atoms with E-state index in [2.05, 4.69) is 120 Å². The number of benzene rings is 3. The Labute approximate surface area is 248 Å². The van der Waals surface area contributed by atoms with Crippen molar-refractivity contribution in [2.75, 3.05) is 0 Å². The van der Waals surface area contributed by atoms with Crippen LogP contribution in [-0.2, 0) is 26.2 Å². The minimum atomic E-state index is 0. The second-order valence-electron chi connectivity index (χ2n) is 11.8. The van der Waals surface area contributed by atoms with Crippen molar-refractivity contribution in [3.05, 3.63) is 118 Å². The zero-order valence-electron chi connectivity index (χ0n) is 21.8. The molecular formula is C33H34Cl2Zr. The average molecular weight is 593 g/mol. The first-order chi connectivity index (χ1) is 15.8. The van der Waals surface area contributed by atoms with E-state index in [1.165, 1.54) is 45.4 Å². The number of halogens is 2. The van der Waals surface area contributed by atoms with Crippen LogP contribution in [-0.4, -0.2) is 0 Å². The van der Waals surface area contributed by atoms with Crippen molar-refractivity contribution in [3.63, 3.8) is 0 Å². The summed E-state index contributed by atoms with van der Waals surface area (Å²) < 4.78 is 0. The predicted molar refractivity (Wildman–Crippen MR) is 139 cm³/mol. The van der Waals surface area contributed by atoms with Gasteiger partial charge >= 0.3 is 26.2 Å². The van der Waals surface area contributed by atoms with Crippen LogP contribution >= 0.6 is 0 Å². The number of hydrogen-bond donors (Lipinski definition) is 0. The van der Waals surface area contributed by atoms with Gasteiger partial charge < -0.3 is 24.8 Å². The standard InChI is InChI=1S/C33H34.2ClH.Zr/c1-21-14-16-22(17-15-21)29-20-33(5,30-19-23(18-28(29)30)32(2,3)4)31-26-12-8-6-10-24(26)25-11-7-9-13-27(25)31;;;/h6-19,29-31H,20H2,1-5H3;2*1H;/q;;;+2/p-2. The summed E-state index contributed by atoms with van der Waals surface area (Å²) in [6.45, 7) is 11.8. The molecule has 3 atom stereocenters. The molecule has 36 heavy (non-hydrogen) atoms. The van der Waals surface area contributed by atoms with Crippen molar-refractivity contribution in [2.24, 2.45) is 16.7 Å². The Kier molecular flexibility index (Phi) is 8.43. The van der Waals surface area contributed by atoms with Gasteiger partial charge in [0.2, 0.25) is 0 Å². The maximum absolute atomic E-state index is 2.63. The molecule has 0 radical (unpaired) electrons. The zero-order chi connectivity index (χ0) is 23.0. The number of fused-ring (bicyclic) bond motifs is 4. The number of hydrogen-bond acceptors (Lipinski definition) is 0. The fourth-order valence-corrected chi connectivity index (χ4v) is 6.91. The second-order valence-corrected chi connectivity index (χ2v) is 11.8. The Morgan fingerprint density at radius 3 is 1.83 bits per heavy atom. The van der Waals surface area contributed by atoms with Crippen molar-refractivity contribution < 1.29 is 51.0 Å². The van der Waals surface area contributed by atoms with Crippen LogP contribution < -0.4 is 24.8 Å². The van der Waals surface area contributed by atoms with Crippen LogP contribution in [0.3, 0.4) is 0 Å². The van der Waals surface area contributed by atoms with E-state index in [-0.39, 0.29) is 61.8 Å². The summed E-state index contributed by atoms with van der Waals surface area (Å²) in [4.78, 5) is 0. The van der Waals surface area contributed by atoms with Crippen LogP contribution in [0.15, 0.2) is 96.1 Å². The van der Waals surface area contributed by atoms with Gasteiger partial charge in [-0.25, -0.2) is 0 Å². The van der Waals surface area contributed by atoms with Gasteiger partial charge in [0.05, 0.1) is 0 Å². The molecule has 0 aromatic heterocycles. The molecule has 1 saturated carbocycles. The van der Waals surface area contributed by atoms with Crippen molar-refractivity contribution in [2.45, 2.75) is 52.9 Å². The van der Waals surface area contributed by atoms with Crippen LogP contribution in [0.5, 0.6) is 0 Å². The number of allylic oxidation sites excluding steroid dienone is 4. The third-order valence-corrected chi connectivity index (χ3v) is 8.62. The average Bonchev–Trinajstić information content (AvgIpc) is 3.45.